The molecule has 3 heterocycles. The Bertz CT molecular complexity index is 745. The third-order valence-corrected chi connectivity index (χ3v) is 4.86. The highest BCUT2D eigenvalue weighted by atomic mass is 32.1. The van der Waals surface area contributed by atoms with Gasteiger partial charge in [-0.2, -0.15) is 0 Å². The van der Waals surface area contributed by atoms with Crippen molar-refractivity contribution in [2.24, 2.45) is 0 Å². The molecule has 82 valence electrons. The second-order valence-corrected chi connectivity index (χ2v) is 5.89. The molecule has 0 aliphatic rings. The predicted octanol–water partition coefficient (Wildman–Crippen LogP) is 4.51. The average Bonchev–Trinajstić information content (AvgIpc) is 3.01. The molecular formula is C13H8N2S2. The van der Waals surface area contributed by atoms with E-state index in [1.807, 2.05) is 18.2 Å². The molecule has 2 nitrogen and oxygen atoms in total. The Morgan fingerprint density at radius 3 is 2.88 bits per heavy atom. The molecule has 1 aromatic carbocycles. The van der Waals surface area contributed by atoms with Gasteiger partial charge in [0, 0.05) is 9.40 Å². The molecule has 4 aromatic rings. The number of nitrogens with zero attached hydrogens (tertiary/aromatic N) is 1. The summed E-state index contributed by atoms with van der Waals surface area (Å²) in [4.78, 5) is 9.20. The first-order chi connectivity index (χ1) is 8.40. The molecule has 0 saturated carbocycles. The van der Waals surface area contributed by atoms with E-state index in [0.717, 1.165) is 16.9 Å². The SMILES string of the molecule is c1ccc2[nH]c(-c3cc4sccc4s3)nc2c1. The Kier molecular flexibility index (Phi) is 1.89. The van der Waals surface area contributed by atoms with Gasteiger partial charge in [0.05, 0.1) is 15.9 Å². The van der Waals surface area contributed by atoms with E-state index < -0.39 is 0 Å². The third-order valence-electron chi connectivity index (χ3n) is 2.76. The fourth-order valence-corrected chi connectivity index (χ4v) is 4.01. The summed E-state index contributed by atoms with van der Waals surface area (Å²) in [5.74, 6) is 0.972. The molecule has 0 unspecified atom stereocenters. The molecule has 0 bridgehead atoms. The minimum Gasteiger partial charge on any atom is -0.337 e. The van der Waals surface area contributed by atoms with Crippen molar-refractivity contribution < 1.29 is 0 Å². The average molecular weight is 256 g/mol. The van der Waals surface area contributed by atoms with Gasteiger partial charge in [-0.05, 0) is 29.6 Å². The van der Waals surface area contributed by atoms with Gasteiger partial charge >= 0.3 is 0 Å². The van der Waals surface area contributed by atoms with E-state index in [0.29, 0.717) is 0 Å². The zero-order valence-electron chi connectivity index (χ0n) is 8.81. The van der Waals surface area contributed by atoms with Crippen LogP contribution in [0.5, 0.6) is 0 Å². The van der Waals surface area contributed by atoms with E-state index in [2.05, 4.69) is 33.5 Å². The molecule has 0 saturated heterocycles. The number of imidazole rings is 1. The fraction of sp³-hybridized carbons (Fsp3) is 0. The smallest absolute Gasteiger partial charge is 0.148 e. The predicted molar refractivity (Wildman–Crippen MR) is 74.8 cm³/mol. The Labute approximate surface area is 106 Å². The summed E-state index contributed by atoms with van der Waals surface area (Å²) in [6, 6.07) is 12.5. The van der Waals surface area contributed by atoms with Crippen LogP contribution in [0.1, 0.15) is 0 Å². The number of rotatable bonds is 1. The highest BCUT2D eigenvalue weighted by molar-refractivity contribution is 7.28. The number of hydrogen-bond donors (Lipinski definition) is 1. The first-order valence-electron chi connectivity index (χ1n) is 5.32. The number of aromatic amines is 1. The monoisotopic (exact) mass is 256 g/mol. The van der Waals surface area contributed by atoms with Crippen LogP contribution < -0.4 is 0 Å². The van der Waals surface area contributed by atoms with E-state index in [9.17, 15) is 0 Å². The van der Waals surface area contributed by atoms with Gasteiger partial charge in [-0.25, -0.2) is 4.98 Å². The Hall–Kier alpha value is -1.65. The lowest BCUT2D eigenvalue weighted by atomic mass is 10.3. The molecular weight excluding hydrogens is 248 g/mol. The van der Waals surface area contributed by atoms with Crippen molar-refractivity contribution in [2.75, 3.05) is 0 Å². The molecule has 0 aliphatic heterocycles. The summed E-state index contributed by atoms with van der Waals surface area (Å²) < 4.78 is 2.68. The fourth-order valence-electron chi connectivity index (χ4n) is 1.95. The van der Waals surface area contributed by atoms with Gasteiger partial charge in [0.1, 0.15) is 5.82 Å². The van der Waals surface area contributed by atoms with E-state index in [1.54, 1.807) is 22.7 Å². The minimum absolute atomic E-state index is 0.972. The number of para-hydroxylation sites is 2. The van der Waals surface area contributed by atoms with Gasteiger partial charge in [0.15, 0.2) is 0 Å². The van der Waals surface area contributed by atoms with Crippen LogP contribution in [0.15, 0.2) is 41.8 Å². The lowest BCUT2D eigenvalue weighted by Crippen LogP contribution is -1.72. The number of H-pyrrole nitrogens is 1. The topological polar surface area (TPSA) is 28.7 Å². The Morgan fingerprint density at radius 1 is 1.06 bits per heavy atom. The summed E-state index contributed by atoms with van der Waals surface area (Å²) in [7, 11) is 0. The largest absolute Gasteiger partial charge is 0.337 e. The summed E-state index contributed by atoms with van der Waals surface area (Å²) >= 11 is 3.57. The van der Waals surface area contributed by atoms with E-state index in [1.165, 1.54) is 14.3 Å². The minimum atomic E-state index is 0.972. The number of benzene rings is 1. The maximum Gasteiger partial charge on any atom is 0.148 e. The number of nitrogens with one attached hydrogen (secondary N) is 1. The number of aromatic nitrogens is 2. The van der Waals surface area contributed by atoms with Gasteiger partial charge in [-0.15, -0.1) is 22.7 Å². The second-order valence-electron chi connectivity index (χ2n) is 3.86. The van der Waals surface area contributed by atoms with Crippen LogP contribution >= 0.6 is 22.7 Å². The maximum atomic E-state index is 4.62. The number of hydrogen-bond acceptors (Lipinski definition) is 3. The molecule has 0 fully saturated rings. The van der Waals surface area contributed by atoms with Gasteiger partial charge < -0.3 is 4.98 Å². The molecule has 4 heteroatoms. The summed E-state index contributed by atoms with van der Waals surface area (Å²) in [6.07, 6.45) is 0. The van der Waals surface area contributed by atoms with Gasteiger partial charge in [0.25, 0.3) is 0 Å². The molecule has 1 N–H and O–H groups in total. The molecule has 0 aliphatic carbocycles. The molecule has 4 rings (SSSR count). The van der Waals surface area contributed by atoms with Crippen molar-refractivity contribution in [3.8, 4) is 10.7 Å². The van der Waals surface area contributed by atoms with Crippen LogP contribution in [0, 0.1) is 0 Å². The van der Waals surface area contributed by atoms with Crippen LogP contribution in [0.2, 0.25) is 0 Å². The normalized spacial score (nSPS) is 11.5. The Balaban J connectivity index is 1.95. The first kappa shape index (κ1) is 9.39. The molecule has 0 radical (unpaired) electrons. The lowest BCUT2D eigenvalue weighted by molar-refractivity contribution is 1.36. The first-order valence-corrected chi connectivity index (χ1v) is 7.02. The summed E-state index contributed by atoms with van der Waals surface area (Å²) in [5, 5.41) is 2.13. The molecule has 0 atom stereocenters. The van der Waals surface area contributed by atoms with Crippen molar-refractivity contribution in [1.29, 1.82) is 0 Å². The van der Waals surface area contributed by atoms with Crippen molar-refractivity contribution in [3.63, 3.8) is 0 Å². The van der Waals surface area contributed by atoms with Crippen molar-refractivity contribution >= 4 is 43.1 Å². The van der Waals surface area contributed by atoms with Crippen molar-refractivity contribution in [1.82, 2.24) is 9.97 Å². The van der Waals surface area contributed by atoms with E-state index in [4.69, 9.17) is 0 Å². The quantitative estimate of drug-likeness (QED) is 0.533. The van der Waals surface area contributed by atoms with E-state index >= 15 is 0 Å². The highest BCUT2D eigenvalue weighted by Crippen LogP contribution is 2.35. The maximum absolute atomic E-state index is 4.62. The highest BCUT2D eigenvalue weighted by Gasteiger charge is 2.09. The van der Waals surface area contributed by atoms with Crippen LogP contribution in [0.3, 0.4) is 0 Å². The van der Waals surface area contributed by atoms with Crippen LogP contribution in [0.4, 0.5) is 0 Å². The zero-order valence-corrected chi connectivity index (χ0v) is 10.4. The van der Waals surface area contributed by atoms with Gasteiger partial charge in [-0.3, -0.25) is 0 Å². The number of thiophene rings is 2. The van der Waals surface area contributed by atoms with Crippen LogP contribution in [-0.2, 0) is 0 Å². The van der Waals surface area contributed by atoms with Gasteiger partial charge in [0.2, 0.25) is 0 Å². The molecule has 3 aromatic heterocycles. The lowest BCUT2D eigenvalue weighted by Gasteiger charge is -1.86. The van der Waals surface area contributed by atoms with Gasteiger partial charge in [-0.1, -0.05) is 12.1 Å². The molecule has 0 amide bonds. The van der Waals surface area contributed by atoms with Crippen molar-refractivity contribution in [2.45, 2.75) is 0 Å². The van der Waals surface area contributed by atoms with Crippen LogP contribution in [-0.4, -0.2) is 9.97 Å². The number of fused-ring (bicyclic) bond motifs is 2. The summed E-state index contributed by atoms with van der Waals surface area (Å²) in [6.45, 7) is 0. The molecule has 0 spiro atoms. The van der Waals surface area contributed by atoms with Crippen molar-refractivity contribution in [3.05, 3.63) is 41.8 Å². The Morgan fingerprint density at radius 2 is 2.00 bits per heavy atom. The third kappa shape index (κ3) is 1.41. The summed E-state index contributed by atoms with van der Waals surface area (Å²) in [5.41, 5.74) is 2.12. The standard InChI is InChI=1S/C13H8N2S2/c1-2-4-9-8(3-1)14-13(15-9)12-7-11-10(17-12)5-6-16-11/h1-7H,(H,14,15). The second kappa shape index (κ2) is 3.42. The van der Waals surface area contributed by atoms with Crippen LogP contribution in [0.25, 0.3) is 31.1 Å². The van der Waals surface area contributed by atoms with E-state index in [-0.39, 0.29) is 0 Å². The zero-order chi connectivity index (χ0) is 11.2. The molecule has 17 heavy (non-hydrogen) atoms.